The van der Waals surface area contributed by atoms with Crippen molar-refractivity contribution in [2.45, 2.75) is 40.2 Å². The maximum Gasteiger partial charge on any atom is 0.177 e. The van der Waals surface area contributed by atoms with Gasteiger partial charge in [-0.25, -0.2) is 0 Å². The van der Waals surface area contributed by atoms with Crippen LogP contribution in [0.2, 0.25) is 0 Å². The number of aromatic nitrogens is 2. The van der Waals surface area contributed by atoms with Crippen molar-refractivity contribution >= 4 is 12.2 Å². The van der Waals surface area contributed by atoms with Gasteiger partial charge < -0.3 is 14.5 Å². The van der Waals surface area contributed by atoms with Crippen LogP contribution in [0.4, 0.5) is 0 Å². The minimum atomic E-state index is 0.518. The molecule has 0 spiro atoms. The lowest BCUT2D eigenvalue weighted by atomic mass is 10.1. The molecule has 3 nitrogen and oxygen atoms in total. The summed E-state index contributed by atoms with van der Waals surface area (Å²) < 4.78 is 3.06. The summed E-state index contributed by atoms with van der Waals surface area (Å²) in [5, 5.41) is 0. The lowest BCUT2D eigenvalue weighted by molar-refractivity contribution is 0.288. The Hall–Kier alpha value is -0.610. The first kappa shape index (κ1) is 13.5. The molecule has 0 aromatic carbocycles. The molecule has 0 unspecified atom stereocenters. The van der Waals surface area contributed by atoms with E-state index in [0.717, 1.165) is 31.0 Å². The van der Waals surface area contributed by atoms with E-state index in [2.05, 4.69) is 42.1 Å². The number of nitrogens with one attached hydrogen (secondary N) is 1. The maximum atomic E-state index is 5.31. The summed E-state index contributed by atoms with van der Waals surface area (Å²) in [7, 11) is 0. The molecule has 0 saturated carbocycles. The molecule has 0 saturated heterocycles. The molecule has 0 aliphatic rings. The predicted octanol–water partition coefficient (Wildman–Crippen LogP) is 3.01. The van der Waals surface area contributed by atoms with Crippen LogP contribution in [0.15, 0.2) is 6.20 Å². The van der Waals surface area contributed by atoms with Crippen LogP contribution in [-0.4, -0.2) is 34.1 Å². The molecule has 0 fully saturated rings. The average Bonchev–Trinajstić information content (AvgIpc) is 2.62. The molecule has 1 aromatic heterocycles. The Kier molecular flexibility index (Phi) is 5.22. The largest absolute Gasteiger partial charge is 0.337 e. The summed E-state index contributed by atoms with van der Waals surface area (Å²) in [6, 6.07) is 0. The Morgan fingerprint density at radius 1 is 1.38 bits per heavy atom. The lowest BCUT2D eigenvalue weighted by Gasteiger charge is -2.19. The predicted molar refractivity (Wildman–Crippen MR) is 71.5 cm³/mol. The SMILES string of the molecule is CCN(CC)CCn1c(C(C)C)c[nH]c1=S. The standard InChI is InChI=1S/C12H23N3S/c1-5-14(6-2)7-8-15-11(10(3)4)9-13-12(15)16/h9-10H,5-8H2,1-4H3,(H,13,16). The Morgan fingerprint density at radius 3 is 2.50 bits per heavy atom. The highest BCUT2D eigenvalue weighted by atomic mass is 32.1. The molecule has 0 atom stereocenters. The van der Waals surface area contributed by atoms with Gasteiger partial charge in [0, 0.05) is 25.0 Å². The van der Waals surface area contributed by atoms with Crippen LogP contribution >= 0.6 is 12.2 Å². The number of nitrogens with zero attached hydrogens (tertiary/aromatic N) is 2. The van der Waals surface area contributed by atoms with E-state index in [4.69, 9.17) is 12.2 Å². The minimum Gasteiger partial charge on any atom is -0.337 e. The van der Waals surface area contributed by atoms with Gasteiger partial charge in [-0.15, -0.1) is 0 Å². The summed E-state index contributed by atoms with van der Waals surface area (Å²) in [6.07, 6.45) is 2.04. The van der Waals surface area contributed by atoms with E-state index >= 15 is 0 Å². The third-order valence-electron chi connectivity index (χ3n) is 3.03. The van der Waals surface area contributed by atoms with E-state index < -0.39 is 0 Å². The van der Waals surface area contributed by atoms with Crippen LogP contribution < -0.4 is 0 Å². The second-order valence-corrected chi connectivity index (χ2v) is 4.74. The van der Waals surface area contributed by atoms with Crippen molar-refractivity contribution in [3.63, 3.8) is 0 Å². The highest BCUT2D eigenvalue weighted by Gasteiger charge is 2.08. The van der Waals surface area contributed by atoms with Gasteiger partial charge in [0.15, 0.2) is 4.77 Å². The lowest BCUT2D eigenvalue weighted by Crippen LogP contribution is -2.27. The zero-order chi connectivity index (χ0) is 12.1. The van der Waals surface area contributed by atoms with E-state index in [1.807, 2.05) is 6.20 Å². The number of imidazole rings is 1. The highest BCUT2D eigenvalue weighted by molar-refractivity contribution is 7.71. The zero-order valence-corrected chi connectivity index (χ0v) is 11.6. The maximum absolute atomic E-state index is 5.31. The van der Waals surface area contributed by atoms with Crippen molar-refractivity contribution in [3.05, 3.63) is 16.7 Å². The van der Waals surface area contributed by atoms with Crippen LogP contribution in [0.1, 0.15) is 39.3 Å². The van der Waals surface area contributed by atoms with E-state index in [1.165, 1.54) is 5.69 Å². The summed E-state index contributed by atoms with van der Waals surface area (Å²) in [5.74, 6) is 0.518. The summed E-state index contributed by atoms with van der Waals surface area (Å²) in [4.78, 5) is 5.55. The normalized spacial score (nSPS) is 11.6. The first-order valence-electron chi connectivity index (χ1n) is 6.10. The van der Waals surface area contributed by atoms with Crippen LogP contribution in [0.3, 0.4) is 0 Å². The molecular weight excluding hydrogens is 218 g/mol. The van der Waals surface area contributed by atoms with Gasteiger partial charge in [-0.3, -0.25) is 0 Å². The first-order valence-corrected chi connectivity index (χ1v) is 6.51. The van der Waals surface area contributed by atoms with Gasteiger partial charge in [0.25, 0.3) is 0 Å². The molecule has 4 heteroatoms. The molecule has 0 bridgehead atoms. The van der Waals surface area contributed by atoms with Crippen LogP contribution in [0, 0.1) is 4.77 Å². The molecule has 0 aliphatic heterocycles. The fourth-order valence-electron chi connectivity index (χ4n) is 1.90. The molecular formula is C12H23N3S. The number of H-pyrrole nitrogens is 1. The number of likely N-dealkylation sites (N-methyl/N-ethyl adjacent to an activating group) is 1. The Balaban J connectivity index is 2.72. The fraction of sp³-hybridized carbons (Fsp3) is 0.750. The van der Waals surface area contributed by atoms with Gasteiger partial charge in [-0.05, 0) is 31.2 Å². The van der Waals surface area contributed by atoms with Gasteiger partial charge in [-0.2, -0.15) is 0 Å². The summed E-state index contributed by atoms with van der Waals surface area (Å²) in [5.41, 5.74) is 1.30. The van der Waals surface area contributed by atoms with E-state index in [9.17, 15) is 0 Å². The quantitative estimate of drug-likeness (QED) is 0.774. The topological polar surface area (TPSA) is 24.0 Å². The molecule has 1 aromatic rings. The van der Waals surface area contributed by atoms with Crippen molar-refractivity contribution < 1.29 is 0 Å². The molecule has 1 rings (SSSR count). The molecule has 1 heterocycles. The smallest absolute Gasteiger partial charge is 0.177 e. The van der Waals surface area contributed by atoms with Crippen LogP contribution in [0.5, 0.6) is 0 Å². The molecule has 0 radical (unpaired) electrons. The molecule has 0 amide bonds. The Bertz CT molecular complexity index is 361. The van der Waals surface area contributed by atoms with Gasteiger partial charge in [0.05, 0.1) is 0 Å². The Morgan fingerprint density at radius 2 is 2.00 bits per heavy atom. The minimum absolute atomic E-state index is 0.518. The van der Waals surface area contributed by atoms with Gasteiger partial charge in [-0.1, -0.05) is 27.7 Å². The second kappa shape index (κ2) is 6.21. The molecule has 16 heavy (non-hydrogen) atoms. The van der Waals surface area contributed by atoms with Crippen molar-refractivity contribution in [3.8, 4) is 0 Å². The highest BCUT2D eigenvalue weighted by Crippen LogP contribution is 2.14. The number of rotatable bonds is 6. The Labute approximate surface area is 103 Å². The van der Waals surface area contributed by atoms with Crippen LogP contribution in [0.25, 0.3) is 0 Å². The molecule has 92 valence electrons. The van der Waals surface area contributed by atoms with Gasteiger partial charge in [0.2, 0.25) is 0 Å². The van der Waals surface area contributed by atoms with E-state index in [-0.39, 0.29) is 0 Å². The number of hydrogen-bond acceptors (Lipinski definition) is 2. The fourth-order valence-corrected chi connectivity index (χ4v) is 2.15. The molecule has 1 N–H and O–H groups in total. The summed E-state index contributed by atoms with van der Waals surface area (Å²) in [6.45, 7) is 13.1. The number of hydrogen-bond donors (Lipinski definition) is 1. The molecule has 0 aliphatic carbocycles. The summed E-state index contributed by atoms with van der Waals surface area (Å²) >= 11 is 5.31. The van der Waals surface area contributed by atoms with Crippen molar-refractivity contribution in [2.75, 3.05) is 19.6 Å². The van der Waals surface area contributed by atoms with Gasteiger partial charge in [0.1, 0.15) is 0 Å². The average molecular weight is 241 g/mol. The third-order valence-corrected chi connectivity index (χ3v) is 3.36. The van der Waals surface area contributed by atoms with Crippen molar-refractivity contribution in [2.24, 2.45) is 0 Å². The zero-order valence-electron chi connectivity index (χ0n) is 10.8. The van der Waals surface area contributed by atoms with Crippen molar-refractivity contribution in [1.82, 2.24) is 14.5 Å². The second-order valence-electron chi connectivity index (χ2n) is 4.35. The van der Waals surface area contributed by atoms with E-state index in [0.29, 0.717) is 5.92 Å². The van der Waals surface area contributed by atoms with Gasteiger partial charge >= 0.3 is 0 Å². The van der Waals surface area contributed by atoms with Crippen LogP contribution in [-0.2, 0) is 6.54 Å². The van der Waals surface area contributed by atoms with E-state index in [1.54, 1.807) is 0 Å². The third kappa shape index (κ3) is 3.19. The monoisotopic (exact) mass is 241 g/mol. The van der Waals surface area contributed by atoms with Crippen molar-refractivity contribution in [1.29, 1.82) is 0 Å². The first-order chi connectivity index (χ1) is 7.60. The number of aromatic amines is 1.